The van der Waals surface area contributed by atoms with Crippen LogP contribution in [0.25, 0.3) is 0 Å². The third-order valence-corrected chi connectivity index (χ3v) is 2.72. The number of halogens is 6. The molecule has 1 atom stereocenters. The Kier molecular flexibility index (Phi) is 4.01. The Labute approximate surface area is 103 Å². The van der Waals surface area contributed by atoms with Gasteiger partial charge in [-0.15, -0.1) is 0 Å². The summed E-state index contributed by atoms with van der Waals surface area (Å²) >= 11 is 0. The van der Waals surface area contributed by atoms with E-state index >= 15 is 0 Å². The van der Waals surface area contributed by atoms with Gasteiger partial charge in [0.15, 0.2) is 0 Å². The Hall–Kier alpha value is -1.48. The van der Waals surface area contributed by atoms with Crippen molar-refractivity contribution in [3.05, 3.63) is 0 Å². The smallest absolute Gasteiger partial charge is 0.409 e. The topological polar surface area (TPSA) is 57.6 Å². The van der Waals surface area contributed by atoms with E-state index in [1.807, 2.05) is 0 Å². The molecule has 10 heteroatoms. The maximum absolute atomic E-state index is 12.3. The molecule has 1 N–H and O–H groups in total. The molecule has 0 radical (unpaired) electrons. The minimum Gasteiger partial charge on any atom is -0.480 e. The Bertz CT molecular complexity index is 363. The van der Waals surface area contributed by atoms with E-state index in [0.29, 0.717) is 0 Å². The fourth-order valence-electron chi connectivity index (χ4n) is 1.92. The SMILES string of the molecule is O=C(O)C1CCCN1C(=O)C(C(F)(F)F)C(F)(F)F. The second-order valence-electron chi connectivity index (χ2n) is 4.04. The van der Waals surface area contributed by atoms with Crippen molar-refractivity contribution in [2.45, 2.75) is 31.2 Å². The predicted octanol–water partition coefficient (Wildman–Crippen LogP) is 1.80. The largest absolute Gasteiger partial charge is 0.480 e. The van der Waals surface area contributed by atoms with Crippen molar-refractivity contribution >= 4 is 11.9 Å². The van der Waals surface area contributed by atoms with E-state index in [1.165, 1.54) is 0 Å². The first kappa shape index (κ1) is 15.6. The number of rotatable bonds is 2. The van der Waals surface area contributed by atoms with Crippen LogP contribution in [0.1, 0.15) is 12.8 Å². The van der Waals surface area contributed by atoms with Gasteiger partial charge in [-0.25, -0.2) is 4.79 Å². The number of carbonyl (C=O) groups excluding carboxylic acids is 1. The van der Waals surface area contributed by atoms with Crippen LogP contribution in [0.2, 0.25) is 0 Å². The maximum Gasteiger partial charge on any atom is 0.409 e. The molecular weight excluding hydrogens is 284 g/mol. The molecule has 4 nitrogen and oxygen atoms in total. The highest BCUT2D eigenvalue weighted by molar-refractivity contribution is 5.86. The van der Waals surface area contributed by atoms with Gasteiger partial charge >= 0.3 is 18.3 Å². The van der Waals surface area contributed by atoms with E-state index in [2.05, 4.69) is 0 Å². The lowest BCUT2D eigenvalue weighted by Crippen LogP contribution is -2.52. The number of carbonyl (C=O) groups is 2. The van der Waals surface area contributed by atoms with Gasteiger partial charge in [0, 0.05) is 6.54 Å². The van der Waals surface area contributed by atoms with Gasteiger partial charge in [-0.1, -0.05) is 0 Å². The summed E-state index contributed by atoms with van der Waals surface area (Å²) in [5, 5.41) is 8.66. The maximum atomic E-state index is 12.3. The van der Waals surface area contributed by atoms with Crippen LogP contribution in [0.15, 0.2) is 0 Å². The van der Waals surface area contributed by atoms with E-state index in [0.717, 1.165) is 0 Å². The van der Waals surface area contributed by atoms with Crippen LogP contribution < -0.4 is 0 Å². The molecule has 0 aromatic heterocycles. The molecule has 0 spiro atoms. The van der Waals surface area contributed by atoms with Crippen molar-refractivity contribution in [1.82, 2.24) is 4.90 Å². The molecule has 1 aliphatic heterocycles. The van der Waals surface area contributed by atoms with Gasteiger partial charge in [0.05, 0.1) is 0 Å². The Balaban J connectivity index is 3.04. The minimum atomic E-state index is -5.80. The molecule has 1 saturated heterocycles. The molecule has 1 amide bonds. The van der Waals surface area contributed by atoms with Crippen molar-refractivity contribution in [3.8, 4) is 0 Å². The van der Waals surface area contributed by atoms with Gasteiger partial charge in [-0.05, 0) is 12.8 Å². The van der Waals surface area contributed by atoms with Gasteiger partial charge in [0.25, 0.3) is 0 Å². The second-order valence-corrected chi connectivity index (χ2v) is 4.04. The van der Waals surface area contributed by atoms with E-state index in [9.17, 15) is 35.9 Å². The molecule has 0 aliphatic carbocycles. The first-order valence-electron chi connectivity index (χ1n) is 5.13. The summed E-state index contributed by atoms with van der Waals surface area (Å²) in [4.78, 5) is 22.2. The van der Waals surface area contributed by atoms with Crippen LogP contribution in [0.4, 0.5) is 26.3 Å². The Morgan fingerprint density at radius 2 is 1.58 bits per heavy atom. The first-order chi connectivity index (χ1) is 8.46. The van der Waals surface area contributed by atoms with Crippen LogP contribution >= 0.6 is 0 Å². The van der Waals surface area contributed by atoms with Crippen LogP contribution in [0.5, 0.6) is 0 Å². The molecule has 1 aliphatic rings. The number of aliphatic carboxylic acids is 1. The molecule has 1 fully saturated rings. The molecule has 0 aromatic carbocycles. The van der Waals surface area contributed by atoms with Crippen molar-refractivity contribution in [1.29, 1.82) is 0 Å². The third kappa shape index (κ3) is 3.29. The molecule has 19 heavy (non-hydrogen) atoms. The quantitative estimate of drug-likeness (QED) is 0.790. The summed E-state index contributed by atoms with van der Waals surface area (Å²) in [6.07, 6.45) is -11.7. The Morgan fingerprint density at radius 3 is 1.95 bits per heavy atom. The van der Waals surface area contributed by atoms with E-state index in [4.69, 9.17) is 5.11 Å². The monoisotopic (exact) mass is 293 g/mol. The van der Waals surface area contributed by atoms with Gasteiger partial charge in [0.1, 0.15) is 6.04 Å². The summed E-state index contributed by atoms with van der Waals surface area (Å²) in [7, 11) is 0. The van der Waals surface area contributed by atoms with Crippen molar-refractivity contribution < 1.29 is 41.0 Å². The lowest BCUT2D eigenvalue weighted by atomic mass is 10.1. The number of carboxylic acid groups (broad SMARTS) is 1. The van der Waals surface area contributed by atoms with Gasteiger partial charge in [0.2, 0.25) is 11.8 Å². The van der Waals surface area contributed by atoms with Crippen molar-refractivity contribution in [2.24, 2.45) is 5.92 Å². The van der Waals surface area contributed by atoms with Crippen molar-refractivity contribution in [3.63, 3.8) is 0 Å². The van der Waals surface area contributed by atoms with Gasteiger partial charge in [-0.2, -0.15) is 26.3 Å². The molecular formula is C9H9F6NO3. The zero-order valence-electron chi connectivity index (χ0n) is 9.25. The lowest BCUT2D eigenvalue weighted by Gasteiger charge is -2.29. The number of amides is 1. The fourth-order valence-corrected chi connectivity index (χ4v) is 1.92. The number of likely N-dealkylation sites (tertiary alicyclic amines) is 1. The molecule has 0 aromatic rings. The molecule has 1 rings (SSSR count). The van der Waals surface area contributed by atoms with E-state index in [1.54, 1.807) is 0 Å². The number of hydrogen-bond acceptors (Lipinski definition) is 2. The van der Waals surface area contributed by atoms with E-state index < -0.39 is 42.7 Å². The van der Waals surface area contributed by atoms with Crippen LogP contribution in [-0.4, -0.2) is 46.8 Å². The summed E-state index contributed by atoms with van der Waals surface area (Å²) < 4.78 is 74.0. The zero-order chi connectivity index (χ0) is 15.0. The molecule has 0 bridgehead atoms. The van der Waals surface area contributed by atoms with Crippen LogP contribution in [0, 0.1) is 5.92 Å². The molecule has 0 saturated carbocycles. The summed E-state index contributed by atoms with van der Waals surface area (Å²) in [5.41, 5.74) is 0. The molecule has 110 valence electrons. The average molecular weight is 293 g/mol. The summed E-state index contributed by atoms with van der Waals surface area (Å²) in [6, 6.07) is -1.64. The third-order valence-electron chi connectivity index (χ3n) is 2.72. The second kappa shape index (κ2) is 4.89. The molecule has 1 unspecified atom stereocenters. The first-order valence-corrected chi connectivity index (χ1v) is 5.13. The summed E-state index contributed by atoms with van der Waals surface area (Å²) in [6.45, 7) is -0.432. The number of hydrogen-bond donors (Lipinski definition) is 1. The number of carboxylic acids is 1. The lowest BCUT2D eigenvalue weighted by molar-refractivity contribution is -0.277. The van der Waals surface area contributed by atoms with Gasteiger partial charge in [-0.3, -0.25) is 4.79 Å². The number of nitrogens with zero attached hydrogens (tertiary/aromatic N) is 1. The summed E-state index contributed by atoms with van der Waals surface area (Å²) in [5.74, 6) is -8.06. The fraction of sp³-hybridized carbons (Fsp3) is 0.778. The van der Waals surface area contributed by atoms with Gasteiger partial charge < -0.3 is 10.0 Å². The highest BCUT2D eigenvalue weighted by Gasteiger charge is 2.63. The minimum absolute atomic E-state index is 0.0468. The van der Waals surface area contributed by atoms with Crippen molar-refractivity contribution in [2.75, 3.05) is 6.54 Å². The standard InChI is InChI=1S/C9H9F6NO3/c10-8(11,12)5(9(13,14)15)6(17)16-3-1-2-4(16)7(18)19/h4-5H,1-3H2,(H,18,19). The van der Waals surface area contributed by atoms with Crippen LogP contribution in [0.3, 0.4) is 0 Å². The normalized spacial score (nSPS) is 21.0. The van der Waals surface area contributed by atoms with Crippen LogP contribution in [-0.2, 0) is 9.59 Å². The number of alkyl halides is 6. The Morgan fingerprint density at radius 1 is 1.11 bits per heavy atom. The predicted molar refractivity (Wildman–Crippen MR) is 48.0 cm³/mol. The average Bonchev–Trinajstić information content (AvgIpc) is 2.59. The highest BCUT2D eigenvalue weighted by atomic mass is 19.4. The highest BCUT2D eigenvalue weighted by Crippen LogP contribution is 2.41. The van der Waals surface area contributed by atoms with E-state index in [-0.39, 0.29) is 17.7 Å². The molecule has 1 heterocycles. The zero-order valence-corrected chi connectivity index (χ0v) is 9.25.